The molecule has 0 fully saturated rings. The number of benzene rings is 3. The molecule has 8 heteroatoms. The van der Waals surface area contributed by atoms with Crippen molar-refractivity contribution in [1.29, 1.82) is 5.26 Å². The first-order valence-corrected chi connectivity index (χ1v) is 10.6. The highest BCUT2D eigenvalue weighted by molar-refractivity contribution is 9.10. The minimum absolute atomic E-state index is 0.130. The second-order valence-corrected chi connectivity index (χ2v) is 7.93. The Bertz CT molecular complexity index is 1230. The Morgan fingerprint density at radius 2 is 1.67 bits per heavy atom. The number of anilines is 2. The van der Waals surface area contributed by atoms with Gasteiger partial charge in [0.05, 0.1) is 0 Å². The van der Waals surface area contributed by atoms with Gasteiger partial charge in [-0.05, 0) is 67.6 Å². The van der Waals surface area contributed by atoms with Gasteiger partial charge in [-0.2, -0.15) is 5.26 Å². The summed E-state index contributed by atoms with van der Waals surface area (Å²) in [6.45, 7) is 1.61. The summed E-state index contributed by atoms with van der Waals surface area (Å²) in [7, 11) is 0. The lowest BCUT2D eigenvalue weighted by atomic mass is 10.1. The van der Waals surface area contributed by atoms with Crippen molar-refractivity contribution in [1.82, 2.24) is 0 Å². The smallest absolute Gasteiger partial charge is 0.266 e. The first-order chi connectivity index (χ1) is 15.8. The van der Waals surface area contributed by atoms with Crippen molar-refractivity contribution in [3.8, 4) is 11.8 Å². The van der Waals surface area contributed by atoms with Gasteiger partial charge in [-0.3, -0.25) is 9.59 Å². The Labute approximate surface area is 198 Å². The van der Waals surface area contributed by atoms with E-state index >= 15 is 0 Å². The molecular formula is C25H19BrFN3O3. The van der Waals surface area contributed by atoms with Crippen molar-refractivity contribution in [2.24, 2.45) is 0 Å². The van der Waals surface area contributed by atoms with Crippen LogP contribution >= 0.6 is 15.9 Å². The standard InChI is InChI=1S/C25H19BrFN3O3/c1-16-2-7-22(8-3-16)30-25(32)18(14-28)12-17-13-19(26)4-11-23(17)33-15-24(31)29-21-9-5-20(27)6-10-21/h2-13H,15H2,1H3,(H,29,31)(H,30,32)/b18-12-. The minimum Gasteiger partial charge on any atom is -0.483 e. The van der Waals surface area contributed by atoms with Crippen molar-refractivity contribution >= 4 is 45.2 Å². The van der Waals surface area contributed by atoms with Crippen molar-refractivity contribution in [3.63, 3.8) is 0 Å². The number of carbonyl (C=O) groups is 2. The summed E-state index contributed by atoms with van der Waals surface area (Å²) in [6.07, 6.45) is 1.39. The van der Waals surface area contributed by atoms with Crippen LogP contribution in [0, 0.1) is 24.1 Å². The minimum atomic E-state index is -0.568. The molecule has 166 valence electrons. The molecule has 0 unspecified atom stereocenters. The van der Waals surface area contributed by atoms with Crippen LogP contribution in [-0.4, -0.2) is 18.4 Å². The molecule has 0 atom stereocenters. The SMILES string of the molecule is Cc1ccc(NC(=O)/C(C#N)=C\c2cc(Br)ccc2OCC(=O)Nc2ccc(F)cc2)cc1. The molecule has 0 radical (unpaired) electrons. The van der Waals surface area contributed by atoms with E-state index in [4.69, 9.17) is 4.74 Å². The van der Waals surface area contributed by atoms with E-state index in [-0.39, 0.29) is 12.2 Å². The maximum absolute atomic E-state index is 13.0. The Balaban J connectivity index is 1.73. The fourth-order valence-electron chi connectivity index (χ4n) is 2.78. The molecule has 6 nitrogen and oxygen atoms in total. The number of aryl methyl sites for hydroxylation is 1. The monoisotopic (exact) mass is 507 g/mol. The van der Waals surface area contributed by atoms with Crippen LogP contribution in [0.25, 0.3) is 6.08 Å². The average molecular weight is 508 g/mol. The van der Waals surface area contributed by atoms with Crippen molar-refractivity contribution in [3.05, 3.63) is 93.7 Å². The number of nitriles is 1. The van der Waals surface area contributed by atoms with Gasteiger partial charge in [0.25, 0.3) is 11.8 Å². The zero-order valence-electron chi connectivity index (χ0n) is 17.6. The van der Waals surface area contributed by atoms with Crippen molar-refractivity contribution < 1.29 is 18.7 Å². The van der Waals surface area contributed by atoms with Crippen LogP contribution in [0.1, 0.15) is 11.1 Å². The van der Waals surface area contributed by atoms with E-state index in [9.17, 15) is 19.2 Å². The van der Waals surface area contributed by atoms with E-state index in [1.165, 1.54) is 30.3 Å². The third kappa shape index (κ3) is 7.02. The second kappa shape index (κ2) is 11.1. The first-order valence-electron chi connectivity index (χ1n) is 9.81. The predicted octanol–water partition coefficient (Wildman–Crippen LogP) is 5.46. The zero-order chi connectivity index (χ0) is 23.8. The Kier molecular flexibility index (Phi) is 7.95. The number of ether oxygens (including phenoxy) is 1. The van der Waals surface area contributed by atoms with E-state index < -0.39 is 17.6 Å². The molecule has 3 aromatic rings. The van der Waals surface area contributed by atoms with Gasteiger partial charge in [-0.1, -0.05) is 33.6 Å². The molecule has 0 bridgehead atoms. The van der Waals surface area contributed by atoms with Crippen LogP contribution in [0.3, 0.4) is 0 Å². The van der Waals surface area contributed by atoms with Gasteiger partial charge in [-0.15, -0.1) is 0 Å². The molecule has 0 spiro atoms. The third-order valence-corrected chi connectivity index (χ3v) is 4.93. The summed E-state index contributed by atoms with van der Waals surface area (Å²) in [6, 6.07) is 19.4. The maximum Gasteiger partial charge on any atom is 0.266 e. The normalized spacial score (nSPS) is 10.8. The Hall–Kier alpha value is -3.96. The first kappa shape index (κ1) is 23.7. The highest BCUT2D eigenvalue weighted by atomic mass is 79.9. The van der Waals surface area contributed by atoms with Gasteiger partial charge < -0.3 is 15.4 Å². The van der Waals surface area contributed by atoms with Crippen LogP contribution in [-0.2, 0) is 9.59 Å². The summed E-state index contributed by atoms with van der Waals surface area (Å²) < 4.78 is 19.3. The average Bonchev–Trinajstić information content (AvgIpc) is 2.79. The van der Waals surface area contributed by atoms with Gasteiger partial charge in [0.2, 0.25) is 0 Å². The zero-order valence-corrected chi connectivity index (χ0v) is 19.1. The number of hydrogen-bond donors (Lipinski definition) is 2. The lowest BCUT2D eigenvalue weighted by Gasteiger charge is -2.11. The molecule has 2 N–H and O–H groups in total. The largest absolute Gasteiger partial charge is 0.483 e. The van der Waals surface area contributed by atoms with Crippen LogP contribution in [0.2, 0.25) is 0 Å². The molecule has 0 aliphatic heterocycles. The molecular weight excluding hydrogens is 489 g/mol. The topological polar surface area (TPSA) is 91.2 Å². The third-order valence-electron chi connectivity index (χ3n) is 4.43. The highest BCUT2D eigenvalue weighted by Crippen LogP contribution is 2.26. The number of halogens is 2. The molecule has 3 rings (SSSR count). The van der Waals surface area contributed by atoms with Crippen LogP contribution < -0.4 is 15.4 Å². The lowest BCUT2D eigenvalue weighted by Crippen LogP contribution is -2.20. The molecule has 3 aromatic carbocycles. The van der Waals surface area contributed by atoms with Crippen molar-refractivity contribution in [2.45, 2.75) is 6.92 Å². The molecule has 0 saturated heterocycles. The molecule has 0 heterocycles. The summed E-state index contributed by atoms with van der Waals surface area (Å²) >= 11 is 3.36. The Morgan fingerprint density at radius 1 is 1.03 bits per heavy atom. The molecule has 0 aliphatic carbocycles. The fourth-order valence-corrected chi connectivity index (χ4v) is 3.16. The van der Waals surface area contributed by atoms with Crippen LogP contribution in [0.5, 0.6) is 5.75 Å². The second-order valence-electron chi connectivity index (χ2n) is 7.02. The van der Waals surface area contributed by atoms with E-state index in [0.29, 0.717) is 27.2 Å². The van der Waals surface area contributed by atoms with Gasteiger partial charge >= 0.3 is 0 Å². The maximum atomic E-state index is 13.0. The van der Waals surface area contributed by atoms with Crippen molar-refractivity contribution in [2.75, 3.05) is 17.2 Å². The molecule has 2 amide bonds. The number of nitrogens with one attached hydrogen (secondary N) is 2. The van der Waals surface area contributed by atoms with Crippen LogP contribution in [0.4, 0.5) is 15.8 Å². The summed E-state index contributed by atoms with van der Waals surface area (Å²) in [5.74, 6) is -1.11. The quantitative estimate of drug-likeness (QED) is 0.328. The van der Waals surface area contributed by atoms with E-state index in [0.717, 1.165) is 5.56 Å². The van der Waals surface area contributed by atoms with E-state index in [1.807, 2.05) is 25.1 Å². The number of carbonyl (C=O) groups excluding carboxylic acids is 2. The highest BCUT2D eigenvalue weighted by Gasteiger charge is 2.13. The summed E-state index contributed by atoms with van der Waals surface area (Å²) in [4.78, 5) is 24.8. The summed E-state index contributed by atoms with van der Waals surface area (Å²) in [5, 5.41) is 14.8. The molecule has 0 aliphatic rings. The predicted molar refractivity (Wildman–Crippen MR) is 128 cm³/mol. The van der Waals surface area contributed by atoms with Gasteiger partial charge in [0.1, 0.15) is 23.2 Å². The van der Waals surface area contributed by atoms with Gasteiger partial charge in [0, 0.05) is 21.4 Å². The van der Waals surface area contributed by atoms with E-state index in [2.05, 4.69) is 26.6 Å². The van der Waals surface area contributed by atoms with Gasteiger partial charge in [-0.25, -0.2) is 4.39 Å². The van der Waals surface area contributed by atoms with Gasteiger partial charge in [0.15, 0.2) is 6.61 Å². The lowest BCUT2D eigenvalue weighted by molar-refractivity contribution is -0.118. The van der Waals surface area contributed by atoms with E-state index in [1.54, 1.807) is 30.3 Å². The van der Waals surface area contributed by atoms with Crippen LogP contribution in [0.15, 0.2) is 76.8 Å². The number of rotatable bonds is 7. The molecule has 0 saturated carbocycles. The molecule has 0 aromatic heterocycles. The fraction of sp³-hybridized carbons (Fsp3) is 0.0800. The number of nitrogens with zero attached hydrogens (tertiary/aromatic N) is 1. The molecule has 33 heavy (non-hydrogen) atoms. The number of hydrogen-bond acceptors (Lipinski definition) is 4. The summed E-state index contributed by atoms with van der Waals surface area (Å²) in [5.41, 5.74) is 2.35. The Morgan fingerprint density at radius 3 is 2.33 bits per heavy atom. The number of amides is 2.